The van der Waals surface area contributed by atoms with Crippen molar-refractivity contribution in [3.8, 4) is 0 Å². The van der Waals surface area contributed by atoms with E-state index in [4.69, 9.17) is 0 Å². The third-order valence-electron chi connectivity index (χ3n) is 3.79. The van der Waals surface area contributed by atoms with Crippen molar-refractivity contribution in [2.24, 2.45) is 0 Å². The summed E-state index contributed by atoms with van der Waals surface area (Å²) < 4.78 is 0. The van der Waals surface area contributed by atoms with Crippen LogP contribution in [0.3, 0.4) is 0 Å². The second kappa shape index (κ2) is 5.63. The highest BCUT2D eigenvalue weighted by Gasteiger charge is 2.19. The number of aromatic nitrogens is 3. The molecule has 0 radical (unpaired) electrons. The number of aryl methyl sites for hydroxylation is 1. The molecule has 0 saturated carbocycles. The molecule has 3 rings (SSSR count). The Bertz CT molecular complexity index is 577. The third-order valence-corrected chi connectivity index (χ3v) is 3.79. The highest BCUT2D eigenvalue weighted by Crippen LogP contribution is 2.14. The van der Waals surface area contributed by atoms with Crippen molar-refractivity contribution in [2.45, 2.75) is 26.3 Å². The molecule has 20 heavy (non-hydrogen) atoms. The molecule has 2 aromatic rings. The van der Waals surface area contributed by atoms with Gasteiger partial charge in [0.2, 0.25) is 5.95 Å². The van der Waals surface area contributed by atoms with Crippen LogP contribution in [-0.2, 0) is 6.42 Å². The van der Waals surface area contributed by atoms with Crippen LogP contribution < -0.4 is 10.2 Å². The van der Waals surface area contributed by atoms with E-state index in [9.17, 15) is 0 Å². The predicted molar refractivity (Wildman–Crippen MR) is 80.0 cm³/mol. The fourth-order valence-corrected chi connectivity index (χ4v) is 2.61. The molecule has 5 heteroatoms. The fraction of sp³-hybridized carbons (Fsp3) is 0.467. The lowest BCUT2D eigenvalue weighted by molar-refractivity contribution is 0.480. The summed E-state index contributed by atoms with van der Waals surface area (Å²) in [6.45, 7) is 7.23. The summed E-state index contributed by atoms with van der Waals surface area (Å²) >= 11 is 0. The van der Waals surface area contributed by atoms with Gasteiger partial charge in [-0.15, -0.1) is 5.10 Å². The second-order valence-corrected chi connectivity index (χ2v) is 5.49. The summed E-state index contributed by atoms with van der Waals surface area (Å²) in [6.07, 6.45) is 0.807. The van der Waals surface area contributed by atoms with E-state index >= 15 is 0 Å². The maximum absolute atomic E-state index is 4.64. The lowest BCUT2D eigenvalue weighted by atomic mass is 10.1. The van der Waals surface area contributed by atoms with Crippen LogP contribution in [0.4, 0.5) is 5.95 Å². The topological polar surface area (TPSA) is 56.8 Å². The third kappa shape index (κ3) is 2.82. The van der Waals surface area contributed by atoms with Crippen molar-refractivity contribution in [3.63, 3.8) is 0 Å². The van der Waals surface area contributed by atoms with Crippen LogP contribution in [0.5, 0.6) is 0 Å². The van der Waals surface area contributed by atoms with E-state index in [1.165, 1.54) is 11.1 Å². The molecular weight excluding hydrogens is 250 g/mol. The molecular formula is C15H21N5. The number of piperazine rings is 1. The number of anilines is 1. The molecule has 2 heterocycles. The van der Waals surface area contributed by atoms with Gasteiger partial charge in [0.05, 0.1) is 0 Å². The number of hydrogen-bond acceptors (Lipinski definition) is 4. The van der Waals surface area contributed by atoms with Crippen molar-refractivity contribution >= 4 is 5.95 Å². The molecule has 1 fully saturated rings. The molecule has 1 aliphatic rings. The van der Waals surface area contributed by atoms with Crippen LogP contribution in [0.1, 0.15) is 23.9 Å². The van der Waals surface area contributed by atoms with Crippen molar-refractivity contribution in [3.05, 3.63) is 41.2 Å². The minimum Gasteiger partial charge on any atom is -0.337 e. The Morgan fingerprint density at radius 2 is 2.20 bits per heavy atom. The first-order chi connectivity index (χ1) is 9.72. The van der Waals surface area contributed by atoms with E-state index in [2.05, 4.69) is 63.5 Å². The Hall–Kier alpha value is -1.88. The lowest BCUT2D eigenvalue weighted by Crippen LogP contribution is -2.49. The minimum absolute atomic E-state index is 0.488. The second-order valence-electron chi connectivity index (χ2n) is 5.49. The Balaban J connectivity index is 1.72. The number of rotatable bonds is 3. The van der Waals surface area contributed by atoms with Crippen LogP contribution in [0.15, 0.2) is 24.3 Å². The number of hydrogen-bond donors (Lipinski definition) is 2. The molecule has 1 aliphatic heterocycles. The molecule has 1 aromatic carbocycles. The summed E-state index contributed by atoms with van der Waals surface area (Å²) in [5.41, 5.74) is 2.59. The summed E-state index contributed by atoms with van der Waals surface area (Å²) in [4.78, 5) is 6.87. The Morgan fingerprint density at radius 3 is 3.00 bits per heavy atom. The zero-order valence-corrected chi connectivity index (χ0v) is 12.1. The molecule has 0 spiro atoms. The molecule has 0 amide bonds. The van der Waals surface area contributed by atoms with Crippen molar-refractivity contribution in [2.75, 3.05) is 24.5 Å². The van der Waals surface area contributed by atoms with Crippen molar-refractivity contribution in [1.29, 1.82) is 0 Å². The summed E-state index contributed by atoms with van der Waals surface area (Å²) in [6, 6.07) is 8.89. The maximum Gasteiger partial charge on any atom is 0.244 e. The normalized spacial score (nSPS) is 19.3. The van der Waals surface area contributed by atoms with Gasteiger partial charge in [-0.25, -0.2) is 0 Å². The number of nitrogens with zero attached hydrogens (tertiary/aromatic N) is 3. The van der Waals surface area contributed by atoms with Gasteiger partial charge < -0.3 is 10.2 Å². The molecule has 106 valence electrons. The molecule has 0 aliphatic carbocycles. The highest BCUT2D eigenvalue weighted by molar-refractivity contribution is 5.33. The van der Waals surface area contributed by atoms with Crippen LogP contribution in [0.25, 0.3) is 0 Å². The quantitative estimate of drug-likeness (QED) is 0.888. The summed E-state index contributed by atoms with van der Waals surface area (Å²) in [7, 11) is 0. The number of aromatic amines is 1. The number of benzene rings is 1. The van der Waals surface area contributed by atoms with E-state index < -0.39 is 0 Å². The van der Waals surface area contributed by atoms with E-state index in [1.54, 1.807) is 0 Å². The number of H-pyrrole nitrogens is 1. The average molecular weight is 271 g/mol. The zero-order chi connectivity index (χ0) is 13.9. The number of nitrogens with one attached hydrogen (secondary N) is 2. The Kier molecular flexibility index (Phi) is 3.69. The van der Waals surface area contributed by atoms with Gasteiger partial charge in [-0.05, 0) is 25.0 Å². The van der Waals surface area contributed by atoms with E-state index in [1.807, 2.05) is 0 Å². The monoisotopic (exact) mass is 271 g/mol. The standard InChI is InChI=1S/C15H21N5/c1-11-5-3-4-6-13(11)9-14-17-15(19-18-14)20-8-7-16-12(2)10-20/h3-6,12,16H,7-10H2,1-2H3,(H,17,18,19). The van der Waals surface area contributed by atoms with Gasteiger partial charge in [0.15, 0.2) is 0 Å². The van der Waals surface area contributed by atoms with Gasteiger partial charge in [-0.3, -0.25) is 5.10 Å². The first kappa shape index (κ1) is 13.1. The lowest BCUT2D eigenvalue weighted by Gasteiger charge is -2.30. The Morgan fingerprint density at radius 1 is 1.35 bits per heavy atom. The fourth-order valence-electron chi connectivity index (χ4n) is 2.61. The molecule has 1 aromatic heterocycles. The first-order valence-corrected chi connectivity index (χ1v) is 7.16. The van der Waals surface area contributed by atoms with Gasteiger partial charge in [0, 0.05) is 32.1 Å². The molecule has 1 saturated heterocycles. The summed E-state index contributed by atoms with van der Waals surface area (Å²) in [5.74, 6) is 1.75. The van der Waals surface area contributed by atoms with E-state index in [0.29, 0.717) is 6.04 Å². The largest absolute Gasteiger partial charge is 0.337 e. The van der Waals surface area contributed by atoms with Crippen molar-refractivity contribution in [1.82, 2.24) is 20.5 Å². The van der Waals surface area contributed by atoms with Gasteiger partial charge in [0.1, 0.15) is 5.82 Å². The van der Waals surface area contributed by atoms with Crippen LogP contribution in [-0.4, -0.2) is 40.9 Å². The van der Waals surface area contributed by atoms with Gasteiger partial charge in [-0.2, -0.15) is 4.98 Å². The molecule has 5 nitrogen and oxygen atoms in total. The maximum atomic E-state index is 4.64. The van der Waals surface area contributed by atoms with Crippen molar-refractivity contribution < 1.29 is 0 Å². The average Bonchev–Trinajstić information content (AvgIpc) is 2.90. The molecule has 1 unspecified atom stereocenters. The van der Waals surface area contributed by atoms with Crippen LogP contribution in [0.2, 0.25) is 0 Å². The van der Waals surface area contributed by atoms with E-state index in [-0.39, 0.29) is 0 Å². The van der Waals surface area contributed by atoms with Crippen LogP contribution >= 0.6 is 0 Å². The zero-order valence-electron chi connectivity index (χ0n) is 12.1. The molecule has 1 atom stereocenters. The van der Waals surface area contributed by atoms with Gasteiger partial charge >= 0.3 is 0 Å². The SMILES string of the molecule is Cc1ccccc1Cc1nc(N2CCNC(C)C2)n[nH]1. The highest BCUT2D eigenvalue weighted by atomic mass is 15.4. The van der Waals surface area contributed by atoms with E-state index in [0.717, 1.165) is 37.8 Å². The molecule has 0 bridgehead atoms. The van der Waals surface area contributed by atoms with Gasteiger partial charge in [-0.1, -0.05) is 24.3 Å². The smallest absolute Gasteiger partial charge is 0.244 e. The first-order valence-electron chi connectivity index (χ1n) is 7.16. The molecule has 2 N–H and O–H groups in total. The van der Waals surface area contributed by atoms with Gasteiger partial charge in [0.25, 0.3) is 0 Å². The summed E-state index contributed by atoms with van der Waals surface area (Å²) in [5, 5.41) is 10.9. The van der Waals surface area contributed by atoms with Crippen LogP contribution in [0, 0.1) is 6.92 Å². The Labute approximate surface area is 119 Å². The minimum atomic E-state index is 0.488. The predicted octanol–water partition coefficient (Wildman–Crippen LogP) is 1.50.